The fourth-order valence-electron chi connectivity index (χ4n) is 1.46. The van der Waals surface area contributed by atoms with Crippen molar-refractivity contribution in [2.45, 2.75) is 19.8 Å². The van der Waals surface area contributed by atoms with Crippen LogP contribution in [0.25, 0.3) is 0 Å². The van der Waals surface area contributed by atoms with Crippen LogP contribution >= 0.6 is 22.7 Å². The fraction of sp³-hybridized carbons (Fsp3) is 0.333. The number of rotatable bonds is 5. The zero-order valence-electron chi connectivity index (χ0n) is 9.60. The Morgan fingerprint density at radius 3 is 3.06 bits per heavy atom. The van der Waals surface area contributed by atoms with Crippen molar-refractivity contribution in [3.63, 3.8) is 0 Å². The smallest absolute Gasteiger partial charge is 0.225 e. The largest absolute Gasteiger partial charge is 0.355 e. The van der Waals surface area contributed by atoms with E-state index in [1.54, 1.807) is 22.7 Å². The molecule has 1 N–H and O–H groups in total. The molecule has 90 valence electrons. The molecule has 0 unspecified atom stereocenters. The van der Waals surface area contributed by atoms with Crippen LogP contribution in [-0.4, -0.2) is 17.4 Å². The van der Waals surface area contributed by atoms with E-state index in [1.807, 2.05) is 30.6 Å². The van der Waals surface area contributed by atoms with Gasteiger partial charge in [0, 0.05) is 28.9 Å². The lowest BCUT2D eigenvalue weighted by atomic mass is 10.3. The number of carbonyl (C=O) groups is 1. The second kappa shape index (κ2) is 5.93. The monoisotopic (exact) mass is 266 g/mol. The number of nitrogens with zero attached hydrogens (tertiary/aromatic N) is 1. The first-order chi connectivity index (χ1) is 8.24. The lowest BCUT2D eigenvalue weighted by Gasteiger charge is -2.02. The van der Waals surface area contributed by atoms with Gasteiger partial charge >= 0.3 is 0 Å². The van der Waals surface area contributed by atoms with E-state index >= 15 is 0 Å². The predicted octanol–water partition coefficient (Wildman–Crippen LogP) is 2.41. The Balaban J connectivity index is 1.70. The number of hydrogen-bond acceptors (Lipinski definition) is 4. The lowest BCUT2D eigenvalue weighted by molar-refractivity contribution is -0.120. The van der Waals surface area contributed by atoms with Crippen molar-refractivity contribution in [2.24, 2.45) is 0 Å². The standard InChI is InChI=1S/C12H14N2OS2/c1-9-8-14-12(17-9)4-5-13-11(15)7-10-3-2-6-16-10/h2-3,6,8H,4-5,7H2,1H3,(H,13,15). The zero-order valence-corrected chi connectivity index (χ0v) is 11.2. The molecule has 5 heteroatoms. The number of carbonyl (C=O) groups excluding carboxylic acids is 1. The summed E-state index contributed by atoms with van der Waals surface area (Å²) in [6.07, 6.45) is 3.16. The van der Waals surface area contributed by atoms with E-state index in [-0.39, 0.29) is 5.91 Å². The van der Waals surface area contributed by atoms with Crippen LogP contribution in [0.2, 0.25) is 0 Å². The summed E-state index contributed by atoms with van der Waals surface area (Å²) in [7, 11) is 0. The van der Waals surface area contributed by atoms with Crippen LogP contribution in [0.4, 0.5) is 0 Å². The lowest BCUT2D eigenvalue weighted by Crippen LogP contribution is -2.26. The summed E-state index contributed by atoms with van der Waals surface area (Å²) in [5.41, 5.74) is 0. The van der Waals surface area contributed by atoms with Gasteiger partial charge in [-0.05, 0) is 18.4 Å². The van der Waals surface area contributed by atoms with Crippen molar-refractivity contribution < 1.29 is 4.79 Å². The summed E-state index contributed by atoms with van der Waals surface area (Å²) in [6, 6.07) is 3.94. The summed E-state index contributed by atoms with van der Waals surface area (Å²) in [5, 5.41) is 5.98. The van der Waals surface area contributed by atoms with E-state index in [1.165, 1.54) is 4.88 Å². The van der Waals surface area contributed by atoms with Crippen molar-refractivity contribution in [3.8, 4) is 0 Å². The second-order valence-electron chi connectivity index (χ2n) is 3.72. The average Bonchev–Trinajstić information content (AvgIpc) is 2.90. The van der Waals surface area contributed by atoms with E-state index in [4.69, 9.17) is 0 Å². The Kier molecular flexibility index (Phi) is 4.28. The molecule has 0 aliphatic heterocycles. The molecule has 2 aromatic rings. The SMILES string of the molecule is Cc1cnc(CCNC(=O)Cc2cccs2)s1. The molecule has 0 atom stereocenters. The number of aromatic nitrogens is 1. The maximum absolute atomic E-state index is 11.6. The van der Waals surface area contributed by atoms with Crippen LogP contribution in [0.3, 0.4) is 0 Å². The van der Waals surface area contributed by atoms with Crippen LogP contribution in [0.1, 0.15) is 14.8 Å². The van der Waals surface area contributed by atoms with Gasteiger partial charge in [-0.1, -0.05) is 6.07 Å². The third-order valence-corrected chi connectivity index (χ3v) is 4.09. The molecule has 0 spiro atoms. The molecule has 2 aromatic heterocycles. The maximum Gasteiger partial charge on any atom is 0.225 e. The molecule has 0 saturated carbocycles. The molecule has 0 aliphatic rings. The Morgan fingerprint density at radius 2 is 2.41 bits per heavy atom. The summed E-state index contributed by atoms with van der Waals surface area (Å²) >= 11 is 3.30. The number of hydrogen-bond donors (Lipinski definition) is 1. The van der Waals surface area contributed by atoms with Crippen LogP contribution in [-0.2, 0) is 17.6 Å². The summed E-state index contributed by atoms with van der Waals surface area (Å²) < 4.78 is 0. The molecule has 2 rings (SSSR count). The molecule has 17 heavy (non-hydrogen) atoms. The molecule has 0 aromatic carbocycles. The highest BCUT2D eigenvalue weighted by atomic mass is 32.1. The van der Waals surface area contributed by atoms with Gasteiger partial charge in [-0.3, -0.25) is 4.79 Å². The number of aryl methyl sites for hydroxylation is 1. The van der Waals surface area contributed by atoms with Crippen molar-refractivity contribution in [1.82, 2.24) is 10.3 Å². The molecule has 0 saturated heterocycles. The van der Waals surface area contributed by atoms with Gasteiger partial charge in [0.1, 0.15) is 0 Å². The average molecular weight is 266 g/mol. The molecular weight excluding hydrogens is 252 g/mol. The summed E-state index contributed by atoms with van der Waals surface area (Å²) in [5.74, 6) is 0.0840. The minimum atomic E-state index is 0.0840. The Morgan fingerprint density at radius 1 is 1.53 bits per heavy atom. The minimum Gasteiger partial charge on any atom is -0.355 e. The first-order valence-electron chi connectivity index (χ1n) is 5.44. The first kappa shape index (κ1) is 12.3. The van der Waals surface area contributed by atoms with Gasteiger partial charge in [0.2, 0.25) is 5.91 Å². The zero-order chi connectivity index (χ0) is 12.1. The Labute approximate surface area is 109 Å². The van der Waals surface area contributed by atoms with Gasteiger partial charge in [0.05, 0.1) is 11.4 Å². The predicted molar refractivity (Wildman–Crippen MR) is 71.6 cm³/mol. The molecular formula is C12H14N2OS2. The second-order valence-corrected chi connectivity index (χ2v) is 6.07. The van der Waals surface area contributed by atoms with E-state index in [0.29, 0.717) is 13.0 Å². The van der Waals surface area contributed by atoms with E-state index in [9.17, 15) is 4.79 Å². The molecule has 0 fully saturated rings. The molecule has 0 aliphatic carbocycles. The summed E-state index contributed by atoms with van der Waals surface area (Å²) in [4.78, 5) is 18.2. The molecule has 0 radical (unpaired) electrons. The van der Waals surface area contributed by atoms with Crippen LogP contribution in [0, 0.1) is 6.92 Å². The number of thiophene rings is 1. The first-order valence-corrected chi connectivity index (χ1v) is 7.14. The van der Waals surface area contributed by atoms with Crippen molar-refractivity contribution in [2.75, 3.05) is 6.54 Å². The van der Waals surface area contributed by atoms with Gasteiger partial charge < -0.3 is 5.32 Å². The third kappa shape index (κ3) is 3.94. The van der Waals surface area contributed by atoms with E-state index in [0.717, 1.165) is 16.3 Å². The summed E-state index contributed by atoms with van der Waals surface area (Å²) in [6.45, 7) is 2.70. The maximum atomic E-state index is 11.6. The topological polar surface area (TPSA) is 42.0 Å². The molecule has 2 heterocycles. The molecule has 1 amide bonds. The van der Waals surface area contributed by atoms with Gasteiger partial charge in [0.25, 0.3) is 0 Å². The number of amides is 1. The van der Waals surface area contributed by atoms with Crippen molar-refractivity contribution >= 4 is 28.6 Å². The Bertz CT molecular complexity index is 476. The van der Waals surface area contributed by atoms with E-state index < -0.39 is 0 Å². The van der Waals surface area contributed by atoms with Gasteiger partial charge in [-0.15, -0.1) is 22.7 Å². The van der Waals surface area contributed by atoms with Crippen molar-refractivity contribution in [3.05, 3.63) is 38.5 Å². The number of thiazole rings is 1. The van der Waals surface area contributed by atoms with Gasteiger partial charge in [-0.2, -0.15) is 0 Å². The highest BCUT2D eigenvalue weighted by molar-refractivity contribution is 7.11. The number of nitrogens with one attached hydrogen (secondary N) is 1. The molecule has 3 nitrogen and oxygen atoms in total. The highest BCUT2D eigenvalue weighted by Gasteiger charge is 2.04. The van der Waals surface area contributed by atoms with E-state index in [2.05, 4.69) is 10.3 Å². The minimum absolute atomic E-state index is 0.0840. The van der Waals surface area contributed by atoms with Crippen LogP contribution in [0.15, 0.2) is 23.7 Å². The molecule has 0 bridgehead atoms. The quantitative estimate of drug-likeness (QED) is 0.903. The van der Waals surface area contributed by atoms with Gasteiger partial charge in [0.15, 0.2) is 0 Å². The normalized spacial score (nSPS) is 10.4. The van der Waals surface area contributed by atoms with Crippen LogP contribution < -0.4 is 5.32 Å². The fourth-order valence-corrected chi connectivity index (χ4v) is 2.95. The van der Waals surface area contributed by atoms with Gasteiger partial charge in [-0.25, -0.2) is 4.98 Å². The van der Waals surface area contributed by atoms with Crippen LogP contribution in [0.5, 0.6) is 0 Å². The third-order valence-electron chi connectivity index (χ3n) is 2.25. The highest BCUT2D eigenvalue weighted by Crippen LogP contribution is 2.11. The van der Waals surface area contributed by atoms with Crippen molar-refractivity contribution in [1.29, 1.82) is 0 Å². The Hall–Kier alpha value is -1.20.